The van der Waals surface area contributed by atoms with Gasteiger partial charge in [-0.05, 0) is 20.5 Å². The van der Waals surface area contributed by atoms with Gasteiger partial charge in [0.15, 0.2) is 9.84 Å². The molecule has 0 aromatic carbocycles. The lowest BCUT2D eigenvalue weighted by Crippen LogP contribution is -2.35. The highest BCUT2D eigenvalue weighted by Gasteiger charge is 2.29. The fourth-order valence-electron chi connectivity index (χ4n) is 2.11. The quantitative estimate of drug-likeness (QED) is 0.716. The number of hydrogen-bond acceptors (Lipinski definition) is 7. The Labute approximate surface area is 130 Å². The second-order valence-corrected chi connectivity index (χ2v) is 7.83. The average molecular weight is 327 g/mol. The summed E-state index contributed by atoms with van der Waals surface area (Å²) in [4.78, 5) is 22.2. The molecule has 2 heterocycles. The average Bonchev–Trinajstić information content (AvgIpc) is 2.78. The summed E-state index contributed by atoms with van der Waals surface area (Å²) in [5.74, 6) is 0.247. The van der Waals surface area contributed by atoms with E-state index in [2.05, 4.69) is 20.6 Å². The third kappa shape index (κ3) is 4.92. The van der Waals surface area contributed by atoms with Crippen molar-refractivity contribution < 1.29 is 13.2 Å². The number of nitrogens with one attached hydrogen (secondary N) is 2. The minimum atomic E-state index is -3.01. The van der Waals surface area contributed by atoms with Crippen molar-refractivity contribution in [2.45, 2.75) is 12.5 Å². The molecule has 2 N–H and O–H groups in total. The Hall–Kier alpha value is -1.74. The molecule has 1 aromatic heterocycles. The Kier molecular flexibility index (Phi) is 5.30. The van der Waals surface area contributed by atoms with Crippen LogP contribution in [-0.4, -0.2) is 73.9 Å². The van der Waals surface area contributed by atoms with Crippen LogP contribution in [0.25, 0.3) is 0 Å². The van der Waals surface area contributed by atoms with Crippen LogP contribution in [0.4, 0.5) is 5.95 Å². The molecule has 1 atom stereocenters. The monoisotopic (exact) mass is 327 g/mol. The van der Waals surface area contributed by atoms with Crippen molar-refractivity contribution in [3.05, 3.63) is 18.0 Å². The zero-order chi connectivity index (χ0) is 16.2. The highest BCUT2D eigenvalue weighted by atomic mass is 32.2. The molecule has 1 saturated heterocycles. The van der Waals surface area contributed by atoms with Gasteiger partial charge >= 0.3 is 0 Å². The maximum atomic E-state index is 12.0. The molecule has 9 heteroatoms. The van der Waals surface area contributed by atoms with Gasteiger partial charge in [-0.25, -0.2) is 18.4 Å². The summed E-state index contributed by atoms with van der Waals surface area (Å²) in [7, 11) is 0.936. The van der Waals surface area contributed by atoms with Gasteiger partial charge in [0, 0.05) is 31.5 Å². The summed E-state index contributed by atoms with van der Waals surface area (Å²) in [6, 6.07) is -0.324. The van der Waals surface area contributed by atoms with Crippen LogP contribution in [0.2, 0.25) is 0 Å². The number of amides is 1. The van der Waals surface area contributed by atoms with Crippen LogP contribution in [0.5, 0.6) is 0 Å². The van der Waals surface area contributed by atoms with Gasteiger partial charge in [0.25, 0.3) is 5.91 Å². The molecule has 122 valence electrons. The molecule has 0 saturated carbocycles. The SMILES string of the molecule is CN(C)CCNc1ncc(C(=O)NC2CCS(=O)(=O)C2)cn1. The normalized spacial score (nSPS) is 20.0. The molecule has 1 aromatic rings. The molecule has 1 fully saturated rings. The van der Waals surface area contributed by atoms with Crippen LogP contribution in [0.1, 0.15) is 16.8 Å². The molecule has 1 unspecified atom stereocenters. The minimum Gasteiger partial charge on any atom is -0.353 e. The van der Waals surface area contributed by atoms with Crippen LogP contribution in [0.3, 0.4) is 0 Å². The molecule has 8 nitrogen and oxygen atoms in total. The van der Waals surface area contributed by atoms with E-state index in [9.17, 15) is 13.2 Å². The maximum Gasteiger partial charge on any atom is 0.254 e. The van der Waals surface area contributed by atoms with Gasteiger partial charge < -0.3 is 15.5 Å². The Morgan fingerprint density at radius 2 is 2.05 bits per heavy atom. The summed E-state index contributed by atoms with van der Waals surface area (Å²) >= 11 is 0. The summed E-state index contributed by atoms with van der Waals surface area (Å²) in [5, 5.41) is 5.75. The van der Waals surface area contributed by atoms with E-state index in [1.807, 2.05) is 19.0 Å². The van der Waals surface area contributed by atoms with Crippen molar-refractivity contribution >= 4 is 21.7 Å². The lowest BCUT2D eigenvalue weighted by atomic mass is 10.2. The Bertz CT molecular complexity index is 615. The van der Waals surface area contributed by atoms with Gasteiger partial charge in [0.05, 0.1) is 17.1 Å². The number of carbonyl (C=O) groups excluding carboxylic acids is 1. The van der Waals surface area contributed by atoms with Gasteiger partial charge in [0.1, 0.15) is 0 Å². The first-order chi connectivity index (χ1) is 10.4. The van der Waals surface area contributed by atoms with E-state index in [1.54, 1.807) is 0 Å². The minimum absolute atomic E-state index is 0.00374. The number of aromatic nitrogens is 2. The van der Waals surface area contributed by atoms with Gasteiger partial charge in [-0.1, -0.05) is 0 Å². The van der Waals surface area contributed by atoms with Crippen LogP contribution in [0.15, 0.2) is 12.4 Å². The second kappa shape index (κ2) is 7.01. The molecular weight excluding hydrogens is 306 g/mol. The highest BCUT2D eigenvalue weighted by Crippen LogP contribution is 2.12. The van der Waals surface area contributed by atoms with E-state index < -0.39 is 9.84 Å². The van der Waals surface area contributed by atoms with Crippen LogP contribution in [0, 0.1) is 0 Å². The standard InChI is InChI=1S/C13H21N5O3S/c1-18(2)5-4-14-13-15-7-10(8-16-13)12(19)17-11-3-6-22(20,21)9-11/h7-8,11H,3-6,9H2,1-2H3,(H,17,19)(H,14,15,16). The molecule has 0 radical (unpaired) electrons. The van der Waals surface area contributed by atoms with E-state index in [0.717, 1.165) is 6.54 Å². The Balaban J connectivity index is 1.86. The van der Waals surface area contributed by atoms with Crippen molar-refractivity contribution in [1.29, 1.82) is 0 Å². The van der Waals surface area contributed by atoms with Gasteiger partial charge in [0.2, 0.25) is 5.95 Å². The Morgan fingerprint density at radius 3 is 2.59 bits per heavy atom. The first-order valence-electron chi connectivity index (χ1n) is 7.08. The van der Waals surface area contributed by atoms with E-state index in [4.69, 9.17) is 0 Å². The number of hydrogen-bond donors (Lipinski definition) is 2. The van der Waals surface area contributed by atoms with Crippen molar-refractivity contribution in [2.24, 2.45) is 0 Å². The van der Waals surface area contributed by atoms with Crippen LogP contribution >= 0.6 is 0 Å². The number of carbonyl (C=O) groups is 1. The summed E-state index contributed by atoms with van der Waals surface area (Å²) in [6.45, 7) is 1.56. The molecule has 1 aliphatic rings. The van der Waals surface area contributed by atoms with Gasteiger partial charge in [-0.2, -0.15) is 0 Å². The fraction of sp³-hybridized carbons (Fsp3) is 0.615. The first-order valence-corrected chi connectivity index (χ1v) is 8.90. The zero-order valence-corrected chi connectivity index (χ0v) is 13.6. The van der Waals surface area contributed by atoms with E-state index in [0.29, 0.717) is 24.5 Å². The summed E-state index contributed by atoms with van der Waals surface area (Å²) < 4.78 is 22.7. The summed E-state index contributed by atoms with van der Waals surface area (Å²) in [6.07, 6.45) is 3.33. The third-order valence-corrected chi connectivity index (χ3v) is 5.09. The number of likely N-dealkylation sites (N-methyl/N-ethyl adjacent to an activating group) is 1. The molecule has 1 amide bonds. The van der Waals surface area contributed by atoms with Gasteiger partial charge in [-0.3, -0.25) is 4.79 Å². The van der Waals surface area contributed by atoms with E-state index in [1.165, 1.54) is 12.4 Å². The number of rotatable bonds is 6. The van der Waals surface area contributed by atoms with Crippen LogP contribution < -0.4 is 10.6 Å². The number of sulfone groups is 1. The molecule has 22 heavy (non-hydrogen) atoms. The zero-order valence-electron chi connectivity index (χ0n) is 12.7. The van der Waals surface area contributed by atoms with E-state index >= 15 is 0 Å². The predicted molar refractivity (Wildman–Crippen MR) is 83.6 cm³/mol. The van der Waals surface area contributed by atoms with Crippen LogP contribution in [-0.2, 0) is 9.84 Å². The second-order valence-electron chi connectivity index (χ2n) is 5.60. The third-order valence-electron chi connectivity index (χ3n) is 3.32. The predicted octanol–water partition coefficient (Wildman–Crippen LogP) is -0.633. The maximum absolute atomic E-state index is 12.0. The fourth-order valence-corrected chi connectivity index (χ4v) is 3.78. The highest BCUT2D eigenvalue weighted by molar-refractivity contribution is 7.91. The number of nitrogens with zero attached hydrogens (tertiary/aromatic N) is 3. The Morgan fingerprint density at radius 1 is 1.36 bits per heavy atom. The lowest BCUT2D eigenvalue weighted by molar-refractivity contribution is 0.0940. The lowest BCUT2D eigenvalue weighted by Gasteiger charge is -2.11. The number of anilines is 1. The van der Waals surface area contributed by atoms with Crippen molar-refractivity contribution in [1.82, 2.24) is 20.2 Å². The van der Waals surface area contributed by atoms with Crippen molar-refractivity contribution in [3.8, 4) is 0 Å². The topological polar surface area (TPSA) is 104 Å². The molecule has 0 bridgehead atoms. The van der Waals surface area contributed by atoms with Crippen molar-refractivity contribution in [3.63, 3.8) is 0 Å². The van der Waals surface area contributed by atoms with E-state index in [-0.39, 0.29) is 23.5 Å². The summed E-state index contributed by atoms with van der Waals surface area (Å²) in [5.41, 5.74) is 0.322. The molecule has 2 rings (SSSR count). The molecular formula is C13H21N5O3S. The smallest absolute Gasteiger partial charge is 0.254 e. The van der Waals surface area contributed by atoms with Gasteiger partial charge in [-0.15, -0.1) is 0 Å². The molecule has 0 aliphatic carbocycles. The largest absolute Gasteiger partial charge is 0.353 e. The molecule has 0 spiro atoms. The first kappa shape index (κ1) is 16.6. The van der Waals surface area contributed by atoms with Crippen molar-refractivity contribution in [2.75, 3.05) is 44.0 Å². The molecule has 1 aliphatic heterocycles.